The standard InChI is InChI=1S/C11H11N3O4/c15-10-11(16)13(6-5-12-10)7-8-1-3-9(4-2-8)14(17)18/h1-4H,5-7H2,(H,12,15). The number of nitro groups is 1. The summed E-state index contributed by atoms with van der Waals surface area (Å²) in [5.41, 5.74) is 0.755. The average molecular weight is 249 g/mol. The van der Waals surface area contributed by atoms with Crippen molar-refractivity contribution in [3.8, 4) is 0 Å². The van der Waals surface area contributed by atoms with Crippen LogP contribution in [0.4, 0.5) is 5.69 Å². The molecular formula is C11H11N3O4. The monoisotopic (exact) mass is 249 g/mol. The molecule has 1 saturated heterocycles. The highest BCUT2D eigenvalue weighted by atomic mass is 16.6. The van der Waals surface area contributed by atoms with Gasteiger partial charge in [-0.3, -0.25) is 19.7 Å². The summed E-state index contributed by atoms with van der Waals surface area (Å²) in [5.74, 6) is -1.18. The number of rotatable bonds is 3. The Morgan fingerprint density at radius 1 is 1.28 bits per heavy atom. The first-order chi connectivity index (χ1) is 8.58. The third-order valence-corrected chi connectivity index (χ3v) is 2.67. The van der Waals surface area contributed by atoms with Gasteiger partial charge in [0.2, 0.25) is 0 Å². The van der Waals surface area contributed by atoms with Gasteiger partial charge in [-0.05, 0) is 5.56 Å². The molecule has 1 heterocycles. The molecule has 1 aromatic rings. The van der Waals surface area contributed by atoms with Crippen LogP contribution in [0.2, 0.25) is 0 Å². The van der Waals surface area contributed by atoms with E-state index in [1.165, 1.54) is 17.0 Å². The molecule has 0 bridgehead atoms. The van der Waals surface area contributed by atoms with E-state index in [0.717, 1.165) is 5.56 Å². The lowest BCUT2D eigenvalue weighted by Gasteiger charge is -2.26. The van der Waals surface area contributed by atoms with E-state index < -0.39 is 16.7 Å². The number of piperazine rings is 1. The van der Waals surface area contributed by atoms with Gasteiger partial charge in [-0.1, -0.05) is 12.1 Å². The molecule has 2 rings (SSSR count). The zero-order valence-corrected chi connectivity index (χ0v) is 9.46. The first-order valence-electron chi connectivity index (χ1n) is 5.38. The Morgan fingerprint density at radius 3 is 2.56 bits per heavy atom. The second kappa shape index (κ2) is 4.82. The van der Waals surface area contributed by atoms with E-state index in [0.29, 0.717) is 13.1 Å². The van der Waals surface area contributed by atoms with Crippen molar-refractivity contribution in [2.45, 2.75) is 6.54 Å². The molecule has 7 nitrogen and oxygen atoms in total. The Balaban J connectivity index is 2.07. The van der Waals surface area contributed by atoms with Crippen molar-refractivity contribution in [3.05, 3.63) is 39.9 Å². The van der Waals surface area contributed by atoms with Crippen LogP contribution in [0.5, 0.6) is 0 Å². The van der Waals surface area contributed by atoms with Gasteiger partial charge in [0.1, 0.15) is 0 Å². The molecule has 0 unspecified atom stereocenters. The van der Waals surface area contributed by atoms with Crippen molar-refractivity contribution < 1.29 is 14.5 Å². The van der Waals surface area contributed by atoms with Crippen LogP contribution in [0.15, 0.2) is 24.3 Å². The van der Waals surface area contributed by atoms with Gasteiger partial charge < -0.3 is 10.2 Å². The van der Waals surface area contributed by atoms with Gasteiger partial charge in [0.25, 0.3) is 5.69 Å². The number of non-ortho nitro benzene ring substituents is 1. The van der Waals surface area contributed by atoms with Crippen LogP contribution in [-0.2, 0) is 16.1 Å². The maximum atomic E-state index is 11.5. The third-order valence-electron chi connectivity index (χ3n) is 2.67. The summed E-state index contributed by atoms with van der Waals surface area (Å²) >= 11 is 0. The molecule has 2 amide bonds. The van der Waals surface area contributed by atoms with Crippen molar-refractivity contribution in [3.63, 3.8) is 0 Å². The van der Waals surface area contributed by atoms with Crippen LogP contribution >= 0.6 is 0 Å². The number of nitro benzene ring substituents is 1. The van der Waals surface area contributed by atoms with E-state index in [9.17, 15) is 19.7 Å². The summed E-state index contributed by atoms with van der Waals surface area (Å²) in [7, 11) is 0. The summed E-state index contributed by atoms with van der Waals surface area (Å²) < 4.78 is 0. The highest BCUT2D eigenvalue weighted by Gasteiger charge is 2.25. The maximum absolute atomic E-state index is 11.5. The number of carbonyl (C=O) groups excluding carboxylic acids is 2. The topological polar surface area (TPSA) is 92.6 Å². The fourth-order valence-electron chi connectivity index (χ4n) is 1.72. The van der Waals surface area contributed by atoms with Gasteiger partial charge in [-0.2, -0.15) is 0 Å². The van der Waals surface area contributed by atoms with E-state index in [1.807, 2.05) is 0 Å². The molecule has 0 aromatic heterocycles. The molecule has 7 heteroatoms. The number of hydrogen-bond donors (Lipinski definition) is 1. The second-order valence-electron chi connectivity index (χ2n) is 3.91. The highest BCUT2D eigenvalue weighted by molar-refractivity contribution is 6.35. The minimum atomic E-state index is -0.608. The Kier molecular flexibility index (Phi) is 3.22. The predicted molar refractivity (Wildman–Crippen MR) is 61.5 cm³/mol. The summed E-state index contributed by atoms with van der Waals surface area (Å²) in [6, 6.07) is 5.92. The molecular weight excluding hydrogens is 238 g/mol. The van der Waals surface area contributed by atoms with Crippen molar-refractivity contribution in [1.82, 2.24) is 10.2 Å². The highest BCUT2D eigenvalue weighted by Crippen LogP contribution is 2.14. The van der Waals surface area contributed by atoms with Gasteiger partial charge in [0.15, 0.2) is 0 Å². The summed E-state index contributed by atoms with van der Waals surface area (Å²) in [4.78, 5) is 34.1. The Morgan fingerprint density at radius 2 is 1.94 bits per heavy atom. The first-order valence-corrected chi connectivity index (χ1v) is 5.38. The normalized spacial score (nSPS) is 15.4. The van der Waals surface area contributed by atoms with Crippen LogP contribution < -0.4 is 5.32 Å². The molecule has 1 fully saturated rings. The van der Waals surface area contributed by atoms with Crippen molar-refractivity contribution in [1.29, 1.82) is 0 Å². The molecule has 18 heavy (non-hydrogen) atoms. The van der Waals surface area contributed by atoms with Crippen molar-refractivity contribution in [2.24, 2.45) is 0 Å². The van der Waals surface area contributed by atoms with E-state index in [2.05, 4.69) is 5.32 Å². The van der Waals surface area contributed by atoms with Gasteiger partial charge >= 0.3 is 11.8 Å². The number of nitrogens with one attached hydrogen (secondary N) is 1. The molecule has 1 aliphatic heterocycles. The largest absolute Gasteiger partial charge is 0.346 e. The van der Waals surface area contributed by atoms with Crippen LogP contribution in [0.25, 0.3) is 0 Å². The lowest BCUT2D eigenvalue weighted by molar-refractivity contribution is -0.384. The van der Waals surface area contributed by atoms with Gasteiger partial charge in [-0.25, -0.2) is 0 Å². The van der Waals surface area contributed by atoms with Crippen LogP contribution in [0.1, 0.15) is 5.56 Å². The van der Waals surface area contributed by atoms with Gasteiger partial charge in [0.05, 0.1) is 4.92 Å². The molecule has 1 aromatic carbocycles. The fourth-order valence-corrected chi connectivity index (χ4v) is 1.72. The Hall–Kier alpha value is -2.44. The minimum absolute atomic E-state index is 0.00136. The molecule has 0 spiro atoms. The van der Waals surface area contributed by atoms with Gasteiger partial charge in [0, 0.05) is 31.8 Å². The van der Waals surface area contributed by atoms with E-state index in [-0.39, 0.29) is 12.2 Å². The molecule has 0 aliphatic carbocycles. The number of nitrogens with zero attached hydrogens (tertiary/aromatic N) is 2. The third kappa shape index (κ3) is 2.45. The average Bonchev–Trinajstić information content (AvgIpc) is 2.36. The van der Waals surface area contributed by atoms with E-state index in [1.54, 1.807) is 12.1 Å². The molecule has 0 atom stereocenters. The second-order valence-corrected chi connectivity index (χ2v) is 3.91. The lowest BCUT2D eigenvalue weighted by atomic mass is 10.2. The summed E-state index contributed by atoms with van der Waals surface area (Å²) in [5, 5.41) is 12.9. The summed E-state index contributed by atoms with van der Waals surface area (Å²) in [6.45, 7) is 1.16. The van der Waals surface area contributed by atoms with Crippen molar-refractivity contribution >= 4 is 17.5 Å². The maximum Gasteiger partial charge on any atom is 0.312 e. The van der Waals surface area contributed by atoms with Crippen LogP contribution in [0, 0.1) is 10.1 Å². The molecule has 1 N–H and O–H groups in total. The number of amides is 2. The predicted octanol–water partition coefficient (Wildman–Crippen LogP) is 0.0532. The zero-order chi connectivity index (χ0) is 13.1. The molecule has 1 aliphatic rings. The molecule has 94 valence electrons. The summed E-state index contributed by atoms with van der Waals surface area (Å²) in [6.07, 6.45) is 0. The smallest absolute Gasteiger partial charge is 0.312 e. The number of hydrogen-bond acceptors (Lipinski definition) is 4. The Bertz CT molecular complexity index is 498. The van der Waals surface area contributed by atoms with Crippen LogP contribution in [-0.4, -0.2) is 34.7 Å². The number of carbonyl (C=O) groups is 2. The fraction of sp³-hybridized carbons (Fsp3) is 0.273. The van der Waals surface area contributed by atoms with Gasteiger partial charge in [-0.15, -0.1) is 0 Å². The lowest BCUT2D eigenvalue weighted by Crippen LogP contribution is -2.51. The first kappa shape index (κ1) is 12.0. The number of benzene rings is 1. The molecule has 0 saturated carbocycles. The van der Waals surface area contributed by atoms with E-state index >= 15 is 0 Å². The Labute approximate surface area is 103 Å². The van der Waals surface area contributed by atoms with Crippen molar-refractivity contribution in [2.75, 3.05) is 13.1 Å². The SMILES string of the molecule is O=C1NCCN(Cc2ccc([N+](=O)[O-])cc2)C1=O. The van der Waals surface area contributed by atoms with Crippen LogP contribution in [0.3, 0.4) is 0 Å². The quantitative estimate of drug-likeness (QED) is 0.465. The zero-order valence-electron chi connectivity index (χ0n) is 9.46. The van der Waals surface area contributed by atoms with E-state index in [4.69, 9.17) is 0 Å². The minimum Gasteiger partial charge on any atom is -0.346 e. The molecule has 0 radical (unpaired) electrons.